The van der Waals surface area contributed by atoms with Crippen LogP contribution in [0.2, 0.25) is 0 Å². The fourth-order valence-corrected chi connectivity index (χ4v) is 3.29. The number of fused-ring (bicyclic) bond motifs is 3. The van der Waals surface area contributed by atoms with Crippen molar-refractivity contribution in [2.75, 3.05) is 25.6 Å². The molecule has 3 aromatic rings. The second-order valence-corrected chi connectivity index (χ2v) is 6.66. The summed E-state index contributed by atoms with van der Waals surface area (Å²) < 4.78 is 13.4. The Morgan fingerprint density at radius 1 is 1.25 bits per heavy atom. The van der Waals surface area contributed by atoms with Crippen LogP contribution in [0.4, 0.5) is 5.82 Å². The summed E-state index contributed by atoms with van der Waals surface area (Å²) >= 11 is 0. The highest BCUT2D eigenvalue weighted by atomic mass is 16.5. The number of para-hydroxylation sites is 1. The number of imidazole rings is 1. The van der Waals surface area contributed by atoms with Crippen molar-refractivity contribution < 1.29 is 9.47 Å². The van der Waals surface area contributed by atoms with Gasteiger partial charge in [-0.1, -0.05) is 30.4 Å². The molecule has 0 bridgehead atoms. The molecule has 0 saturated carbocycles. The van der Waals surface area contributed by atoms with Gasteiger partial charge in [0.2, 0.25) is 0 Å². The number of allylic oxidation sites excluding steroid dienone is 3. The van der Waals surface area contributed by atoms with Gasteiger partial charge in [0.25, 0.3) is 0 Å². The van der Waals surface area contributed by atoms with Crippen molar-refractivity contribution in [2.24, 2.45) is 5.92 Å². The first-order valence-electron chi connectivity index (χ1n) is 9.19. The van der Waals surface area contributed by atoms with Gasteiger partial charge in [0, 0.05) is 16.9 Å². The summed E-state index contributed by atoms with van der Waals surface area (Å²) in [5.74, 6) is 0.737. The van der Waals surface area contributed by atoms with Gasteiger partial charge >= 0.3 is 0 Å². The predicted molar refractivity (Wildman–Crippen MR) is 107 cm³/mol. The van der Waals surface area contributed by atoms with Gasteiger partial charge in [0.05, 0.1) is 43.3 Å². The summed E-state index contributed by atoms with van der Waals surface area (Å²) in [5, 5.41) is 9.83. The average Bonchev–Trinajstić information content (AvgIpc) is 3.16. The summed E-state index contributed by atoms with van der Waals surface area (Å²) in [5.41, 5.74) is 9.22. The van der Waals surface area contributed by atoms with Crippen LogP contribution in [0.25, 0.3) is 21.9 Å². The zero-order valence-electron chi connectivity index (χ0n) is 15.4. The van der Waals surface area contributed by atoms with Gasteiger partial charge in [-0.15, -0.1) is 0 Å². The van der Waals surface area contributed by atoms with E-state index >= 15 is 0 Å². The Morgan fingerprint density at radius 3 is 2.93 bits per heavy atom. The third-order valence-corrected chi connectivity index (χ3v) is 4.73. The van der Waals surface area contributed by atoms with Crippen LogP contribution < -0.4 is 5.73 Å². The number of hydrogen-bond acceptors (Lipinski definition) is 6. The van der Waals surface area contributed by atoms with E-state index in [4.69, 9.17) is 20.5 Å². The predicted octanol–water partition coefficient (Wildman–Crippen LogP) is 3.18. The van der Waals surface area contributed by atoms with Crippen molar-refractivity contribution in [3.8, 4) is 6.07 Å². The van der Waals surface area contributed by atoms with Crippen molar-refractivity contribution in [1.29, 1.82) is 5.26 Å². The van der Waals surface area contributed by atoms with E-state index in [0.29, 0.717) is 43.8 Å². The monoisotopic (exact) mass is 375 g/mol. The van der Waals surface area contributed by atoms with E-state index in [1.807, 2.05) is 47.1 Å². The molecule has 1 atom stereocenters. The Labute approximate surface area is 162 Å². The Kier molecular flexibility index (Phi) is 5.33. The highest BCUT2D eigenvalue weighted by molar-refractivity contribution is 6.06. The normalized spacial score (nSPS) is 16.4. The summed E-state index contributed by atoms with van der Waals surface area (Å²) in [7, 11) is 0. The van der Waals surface area contributed by atoms with Crippen molar-refractivity contribution in [3.63, 3.8) is 0 Å². The Morgan fingerprint density at radius 2 is 2.11 bits per heavy atom. The van der Waals surface area contributed by atoms with Crippen LogP contribution in [0.5, 0.6) is 0 Å². The van der Waals surface area contributed by atoms with Gasteiger partial charge in [0.15, 0.2) is 5.82 Å². The fourth-order valence-electron chi connectivity index (χ4n) is 3.29. The molecule has 2 N–H and O–H groups in total. The van der Waals surface area contributed by atoms with Crippen molar-refractivity contribution in [3.05, 3.63) is 54.4 Å². The maximum absolute atomic E-state index is 8.83. The molecule has 1 aliphatic carbocycles. The molecule has 28 heavy (non-hydrogen) atoms. The second kappa shape index (κ2) is 8.21. The van der Waals surface area contributed by atoms with Crippen LogP contribution in [0.1, 0.15) is 6.42 Å². The van der Waals surface area contributed by atoms with Crippen LogP contribution in [-0.2, 0) is 16.2 Å². The van der Waals surface area contributed by atoms with E-state index in [-0.39, 0.29) is 0 Å². The van der Waals surface area contributed by atoms with Gasteiger partial charge in [-0.25, -0.2) is 9.97 Å². The van der Waals surface area contributed by atoms with Gasteiger partial charge in [-0.3, -0.25) is 0 Å². The fraction of sp³-hybridized carbons (Fsp3) is 0.286. The zero-order chi connectivity index (χ0) is 19.3. The molecule has 1 aromatic carbocycles. The minimum atomic E-state index is 0.316. The lowest BCUT2D eigenvalue weighted by Crippen LogP contribution is -2.13. The number of ether oxygens (including phenoxy) is 2. The number of nitrogens with zero attached hydrogens (tertiary/aromatic N) is 4. The molecule has 1 unspecified atom stereocenters. The van der Waals surface area contributed by atoms with Gasteiger partial charge in [-0.2, -0.15) is 5.26 Å². The molecule has 7 nitrogen and oxygen atoms in total. The van der Waals surface area contributed by atoms with Crippen molar-refractivity contribution >= 4 is 27.8 Å². The number of hydrogen-bond donors (Lipinski definition) is 1. The van der Waals surface area contributed by atoms with Gasteiger partial charge < -0.3 is 19.8 Å². The first kappa shape index (κ1) is 18.2. The molecule has 7 heteroatoms. The second-order valence-electron chi connectivity index (χ2n) is 6.66. The van der Waals surface area contributed by atoms with Gasteiger partial charge in [0.1, 0.15) is 12.2 Å². The molecule has 2 heterocycles. The molecule has 0 radical (unpaired) electrons. The first-order valence-corrected chi connectivity index (χ1v) is 9.19. The van der Waals surface area contributed by atoms with E-state index in [9.17, 15) is 0 Å². The van der Waals surface area contributed by atoms with Crippen molar-refractivity contribution in [1.82, 2.24) is 14.5 Å². The Balaban J connectivity index is 1.30. The number of rotatable bonds is 7. The molecule has 142 valence electrons. The van der Waals surface area contributed by atoms with Crippen LogP contribution >= 0.6 is 0 Å². The van der Waals surface area contributed by atoms with Crippen molar-refractivity contribution in [2.45, 2.75) is 13.2 Å². The van der Waals surface area contributed by atoms with E-state index in [1.165, 1.54) is 0 Å². The number of nitrogens with two attached hydrogens (primary N) is 1. The Hall–Kier alpha value is -3.21. The van der Waals surface area contributed by atoms with Crippen LogP contribution in [0.3, 0.4) is 0 Å². The third kappa shape index (κ3) is 3.74. The lowest BCUT2D eigenvalue weighted by Gasteiger charge is -2.14. The number of benzene rings is 1. The van der Waals surface area contributed by atoms with Crippen LogP contribution in [0, 0.1) is 17.2 Å². The minimum absolute atomic E-state index is 0.316. The van der Waals surface area contributed by atoms with Gasteiger partial charge in [-0.05, 0) is 18.6 Å². The molecule has 0 aliphatic heterocycles. The number of anilines is 1. The lowest BCUT2D eigenvalue weighted by atomic mass is 9.98. The minimum Gasteiger partial charge on any atom is -0.382 e. The molecule has 0 amide bonds. The molecular weight excluding hydrogens is 354 g/mol. The summed E-state index contributed by atoms with van der Waals surface area (Å²) in [6.07, 6.45) is 8.38. The summed E-state index contributed by atoms with van der Waals surface area (Å²) in [6.45, 7) is 1.98. The molecule has 2 aromatic heterocycles. The highest BCUT2D eigenvalue weighted by Crippen LogP contribution is 2.26. The standard InChI is InChI=1S/C21H21N5O2/c22-11-15-5-7-16(8-6-15)12-27-9-10-28-14-26-13-24-19-20(26)17-3-1-2-4-18(17)25-21(19)23/h1-7,13,16H,8-10,12,14H2,(H2,23,25). The highest BCUT2D eigenvalue weighted by Gasteiger charge is 2.12. The summed E-state index contributed by atoms with van der Waals surface area (Å²) in [4.78, 5) is 8.79. The average molecular weight is 375 g/mol. The largest absolute Gasteiger partial charge is 0.382 e. The quantitative estimate of drug-likeness (QED) is 0.637. The summed E-state index contributed by atoms with van der Waals surface area (Å²) in [6, 6.07) is 10.00. The molecule has 0 fully saturated rings. The lowest BCUT2D eigenvalue weighted by molar-refractivity contribution is 0.0143. The van der Waals surface area contributed by atoms with Crippen LogP contribution in [0.15, 0.2) is 54.4 Å². The molecule has 0 saturated heterocycles. The maximum Gasteiger partial charge on any atom is 0.152 e. The SMILES string of the molecule is N#CC1=CCC(COCCOCn2cnc3c(N)nc4ccccc4c32)C=C1. The van der Waals surface area contributed by atoms with E-state index < -0.39 is 0 Å². The molecule has 0 spiro atoms. The topological polar surface area (TPSA) is 99.0 Å². The Bertz CT molecular complexity index is 1090. The molecular formula is C21H21N5O2. The maximum atomic E-state index is 8.83. The molecule has 4 rings (SSSR count). The molecule has 1 aliphatic rings. The number of pyridine rings is 1. The smallest absolute Gasteiger partial charge is 0.152 e. The van der Waals surface area contributed by atoms with E-state index in [2.05, 4.69) is 16.0 Å². The van der Waals surface area contributed by atoms with Crippen LogP contribution in [-0.4, -0.2) is 34.4 Å². The third-order valence-electron chi connectivity index (χ3n) is 4.73. The number of nitriles is 1. The number of nitrogen functional groups attached to an aromatic ring is 1. The zero-order valence-corrected chi connectivity index (χ0v) is 15.4. The van der Waals surface area contributed by atoms with E-state index in [1.54, 1.807) is 6.33 Å². The number of aromatic nitrogens is 3. The first-order chi connectivity index (χ1) is 13.8. The van der Waals surface area contributed by atoms with E-state index in [0.717, 1.165) is 28.4 Å².